The average molecular weight is 497 g/mol. The van der Waals surface area contributed by atoms with Crippen LogP contribution in [0, 0.1) is 11.8 Å². The van der Waals surface area contributed by atoms with E-state index in [1.54, 1.807) is 5.01 Å². The summed E-state index contributed by atoms with van der Waals surface area (Å²) in [6.45, 7) is 3.40. The fraction of sp³-hybridized carbons (Fsp3) is 0.654. The van der Waals surface area contributed by atoms with E-state index in [0.717, 1.165) is 37.3 Å². The highest BCUT2D eigenvalue weighted by Crippen LogP contribution is 2.38. The quantitative estimate of drug-likeness (QED) is 0.555. The van der Waals surface area contributed by atoms with Gasteiger partial charge < -0.3 is 20.0 Å². The molecule has 10 nitrogen and oxygen atoms in total. The minimum atomic E-state index is -1.73. The molecule has 1 aliphatic carbocycles. The molecular weight excluding hydrogens is 460 g/mol. The first-order chi connectivity index (χ1) is 17.4. The first-order valence-electron chi connectivity index (χ1n) is 13.3. The van der Waals surface area contributed by atoms with Crippen LogP contribution in [0.4, 0.5) is 11.4 Å². The predicted octanol–water partition coefficient (Wildman–Crippen LogP) is 0.898. The Morgan fingerprint density at radius 3 is 2.50 bits per heavy atom. The van der Waals surface area contributed by atoms with Crippen molar-refractivity contribution in [2.75, 3.05) is 49.2 Å². The van der Waals surface area contributed by atoms with Crippen LogP contribution in [0.25, 0.3) is 0 Å². The highest BCUT2D eigenvalue weighted by atomic mass is 16.3. The van der Waals surface area contributed by atoms with Gasteiger partial charge in [-0.2, -0.15) is 0 Å². The van der Waals surface area contributed by atoms with Crippen molar-refractivity contribution in [3.8, 4) is 0 Å². The zero-order valence-corrected chi connectivity index (χ0v) is 20.7. The number of hydrazine groups is 1. The van der Waals surface area contributed by atoms with Crippen LogP contribution in [0.15, 0.2) is 29.3 Å². The lowest BCUT2D eigenvalue weighted by atomic mass is 9.89. The van der Waals surface area contributed by atoms with Gasteiger partial charge in [0.2, 0.25) is 11.8 Å². The number of aliphatic imine (C=N–C) groups is 1. The number of β-amino-alcohol motifs (C(OH)–C–C–N with tert-alkyl or cyclic N) is 1. The van der Waals surface area contributed by atoms with Crippen molar-refractivity contribution in [3.63, 3.8) is 0 Å². The van der Waals surface area contributed by atoms with Crippen LogP contribution in [0.5, 0.6) is 0 Å². The Kier molecular flexibility index (Phi) is 5.93. The zero-order chi connectivity index (χ0) is 24.9. The van der Waals surface area contributed by atoms with Crippen LogP contribution >= 0.6 is 0 Å². The summed E-state index contributed by atoms with van der Waals surface area (Å²) in [4.78, 5) is 35.8. The highest BCUT2D eigenvalue weighted by Gasteiger charge is 2.56. The van der Waals surface area contributed by atoms with E-state index in [-0.39, 0.29) is 30.8 Å². The summed E-state index contributed by atoms with van der Waals surface area (Å²) < 4.78 is 0. The second kappa shape index (κ2) is 9.00. The number of carbonyl (C=O) groups excluding carboxylic acids is 2. The van der Waals surface area contributed by atoms with Gasteiger partial charge in [0.05, 0.1) is 24.2 Å². The van der Waals surface area contributed by atoms with E-state index < -0.39 is 17.4 Å². The van der Waals surface area contributed by atoms with Crippen LogP contribution in [-0.2, 0) is 9.59 Å². The number of rotatable bonds is 5. The number of anilines is 2. The molecule has 2 unspecified atom stereocenters. The number of hydrogen-bond acceptors (Lipinski definition) is 8. The summed E-state index contributed by atoms with van der Waals surface area (Å²) in [6, 6.07) is 7.98. The molecule has 6 rings (SSSR count). The molecule has 1 saturated carbocycles. The van der Waals surface area contributed by atoms with Gasteiger partial charge in [0, 0.05) is 44.3 Å². The number of hydrogen-bond donors (Lipinski definition) is 3. The summed E-state index contributed by atoms with van der Waals surface area (Å²) in [5.74, 6) is -2.42. The molecule has 1 aromatic carbocycles. The topological polar surface area (TPSA) is 112 Å². The van der Waals surface area contributed by atoms with E-state index in [1.165, 1.54) is 30.5 Å². The van der Waals surface area contributed by atoms with E-state index in [4.69, 9.17) is 0 Å². The van der Waals surface area contributed by atoms with Gasteiger partial charge in [0.25, 0.3) is 5.85 Å². The van der Waals surface area contributed by atoms with E-state index in [9.17, 15) is 19.8 Å². The number of benzene rings is 1. The van der Waals surface area contributed by atoms with Gasteiger partial charge in [0.1, 0.15) is 5.92 Å². The molecule has 1 aromatic rings. The Labute approximate surface area is 211 Å². The van der Waals surface area contributed by atoms with Gasteiger partial charge in [-0.25, -0.2) is 10.4 Å². The van der Waals surface area contributed by atoms with Crippen LogP contribution in [0.2, 0.25) is 0 Å². The molecule has 4 fully saturated rings. The second-order valence-electron chi connectivity index (χ2n) is 11.0. The average Bonchev–Trinajstić information content (AvgIpc) is 3.69. The van der Waals surface area contributed by atoms with Crippen LogP contribution in [0.1, 0.15) is 44.9 Å². The summed E-state index contributed by atoms with van der Waals surface area (Å²) in [7, 11) is 0. The normalized spacial score (nSPS) is 30.1. The van der Waals surface area contributed by atoms with Gasteiger partial charge in [-0.15, -0.1) is 0 Å². The molecule has 4 aliphatic heterocycles. The maximum absolute atomic E-state index is 13.4. The molecule has 5 aliphatic rings. The van der Waals surface area contributed by atoms with Crippen molar-refractivity contribution in [1.29, 1.82) is 0 Å². The number of nitrogens with zero attached hydrogens (tertiary/aromatic N) is 5. The fourth-order valence-electron chi connectivity index (χ4n) is 5.99. The first kappa shape index (κ1) is 23.7. The van der Waals surface area contributed by atoms with E-state index in [1.807, 2.05) is 23.1 Å². The van der Waals surface area contributed by atoms with E-state index >= 15 is 0 Å². The predicted molar refractivity (Wildman–Crippen MR) is 135 cm³/mol. The number of piperidine rings is 2. The molecule has 36 heavy (non-hydrogen) atoms. The van der Waals surface area contributed by atoms with E-state index in [0.29, 0.717) is 25.9 Å². The van der Waals surface area contributed by atoms with E-state index in [2.05, 4.69) is 21.4 Å². The summed E-state index contributed by atoms with van der Waals surface area (Å²) in [5.41, 5.74) is 3.96. The molecule has 0 radical (unpaired) electrons. The monoisotopic (exact) mass is 496 g/mol. The van der Waals surface area contributed by atoms with Crippen LogP contribution in [-0.4, -0.2) is 88.9 Å². The van der Waals surface area contributed by atoms with Crippen LogP contribution in [0.3, 0.4) is 0 Å². The van der Waals surface area contributed by atoms with Gasteiger partial charge in [0.15, 0.2) is 0 Å². The van der Waals surface area contributed by atoms with Crippen molar-refractivity contribution in [1.82, 2.24) is 15.2 Å². The first-order valence-corrected chi connectivity index (χ1v) is 13.3. The zero-order valence-electron chi connectivity index (χ0n) is 20.7. The third kappa shape index (κ3) is 4.25. The van der Waals surface area contributed by atoms with Crippen molar-refractivity contribution < 1.29 is 19.8 Å². The molecule has 10 heteroatoms. The SMILES string of the molecule is O=C1C2CNN(c3cccc(N4CCCCC4)c3)C2(O)N=CN1CC1(O)CCN(C(=O)C2CC2)CC1. The number of aliphatic hydroxyl groups is 2. The largest absolute Gasteiger partial charge is 0.388 e. The molecule has 0 spiro atoms. The Bertz CT molecular complexity index is 1050. The molecule has 3 saturated heterocycles. The van der Waals surface area contributed by atoms with Gasteiger partial charge in [-0.3, -0.25) is 19.5 Å². The van der Waals surface area contributed by atoms with Crippen molar-refractivity contribution in [2.45, 2.75) is 56.4 Å². The Morgan fingerprint density at radius 1 is 1.06 bits per heavy atom. The highest BCUT2D eigenvalue weighted by molar-refractivity contribution is 5.93. The lowest BCUT2D eigenvalue weighted by Crippen LogP contribution is -2.60. The molecule has 3 N–H and O–H groups in total. The number of likely N-dealkylation sites (tertiary alicyclic amines) is 1. The minimum absolute atomic E-state index is 0.109. The van der Waals surface area contributed by atoms with Crippen molar-refractivity contribution in [3.05, 3.63) is 24.3 Å². The van der Waals surface area contributed by atoms with Gasteiger partial charge in [-0.1, -0.05) is 6.07 Å². The molecular formula is C26H36N6O4. The van der Waals surface area contributed by atoms with Crippen molar-refractivity contribution in [2.24, 2.45) is 16.8 Å². The van der Waals surface area contributed by atoms with Crippen LogP contribution < -0.4 is 15.3 Å². The molecule has 194 valence electrons. The lowest BCUT2D eigenvalue weighted by Gasteiger charge is -2.43. The summed E-state index contributed by atoms with van der Waals surface area (Å²) in [6.07, 6.45) is 7.75. The standard InChI is InChI=1S/C26H36N6O4/c33-23(19-7-8-19)30-13-9-25(35,10-14-30)17-31-18-27-26(36)22(24(31)34)16-28-32(26)21-6-4-5-20(15-21)29-11-2-1-3-12-29/h4-6,15,18-19,22,28,35-36H,1-3,7-14,16-17H2. The number of nitrogens with one attached hydrogen (secondary N) is 1. The maximum atomic E-state index is 13.4. The smallest absolute Gasteiger partial charge is 0.265 e. The molecule has 4 heterocycles. The number of amides is 2. The lowest BCUT2D eigenvalue weighted by molar-refractivity contribution is -0.146. The Balaban J connectivity index is 1.14. The third-order valence-electron chi connectivity index (χ3n) is 8.42. The summed E-state index contributed by atoms with van der Waals surface area (Å²) in [5, 5.41) is 24.3. The molecule has 0 aromatic heterocycles. The van der Waals surface area contributed by atoms with Gasteiger partial charge >= 0.3 is 0 Å². The van der Waals surface area contributed by atoms with Crippen molar-refractivity contribution >= 4 is 29.5 Å². The number of carbonyl (C=O) groups is 2. The molecule has 0 bridgehead atoms. The molecule has 2 amide bonds. The third-order valence-corrected chi connectivity index (χ3v) is 8.42. The maximum Gasteiger partial charge on any atom is 0.265 e. The Morgan fingerprint density at radius 2 is 1.78 bits per heavy atom. The summed E-state index contributed by atoms with van der Waals surface area (Å²) >= 11 is 0. The minimum Gasteiger partial charge on any atom is -0.388 e. The molecule has 2 atom stereocenters. The Hall–Kier alpha value is -2.69. The fourth-order valence-corrected chi connectivity index (χ4v) is 5.99. The van der Waals surface area contributed by atoms with Gasteiger partial charge in [-0.05, 0) is 63.1 Å². The second-order valence-corrected chi connectivity index (χ2v) is 11.0. The number of fused-ring (bicyclic) bond motifs is 1.